The number of carbonyl (C=O) groups is 3. The molecule has 0 spiro atoms. The molecule has 2 rings (SSSR count). The summed E-state index contributed by atoms with van der Waals surface area (Å²) in [6, 6.07) is 12.7. The molecule has 37 heavy (non-hydrogen) atoms. The number of hydrogen-bond donors (Lipinski definition) is 2. The van der Waals surface area contributed by atoms with Crippen LogP contribution in [0, 0.1) is 32.2 Å². The van der Waals surface area contributed by atoms with Gasteiger partial charge in [-0.1, -0.05) is 68.3 Å². The summed E-state index contributed by atoms with van der Waals surface area (Å²) in [5.74, 6) is -1.08. The van der Waals surface area contributed by atoms with Gasteiger partial charge in [-0.15, -0.1) is 0 Å². The van der Waals surface area contributed by atoms with Gasteiger partial charge in [-0.2, -0.15) is 0 Å². The van der Waals surface area contributed by atoms with Crippen LogP contribution in [0.1, 0.15) is 63.8 Å². The normalized spacial score (nSPS) is 12.8. The molecule has 0 aliphatic heterocycles. The quantitative estimate of drug-likeness (QED) is 0.327. The predicted molar refractivity (Wildman–Crippen MR) is 147 cm³/mol. The van der Waals surface area contributed by atoms with Crippen LogP contribution < -0.4 is 10.6 Å². The van der Waals surface area contributed by atoms with Crippen LogP contribution in [0.3, 0.4) is 0 Å². The van der Waals surface area contributed by atoms with Gasteiger partial charge in [0.2, 0.25) is 0 Å². The maximum Gasteiger partial charge on any atom is 0.408 e. The molecule has 0 aliphatic rings. The van der Waals surface area contributed by atoms with Crippen molar-refractivity contribution in [2.75, 3.05) is 5.32 Å². The highest BCUT2D eigenvalue weighted by Gasteiger charge is 2.37. The Hall–Kier alpha value is -3.50. The summed E-state index contributed by atoms with van der Waals surface area (Å²) < 4.78 is 5.36. The van der Waals surface area contributed by atoms with E-state index in [-0.39, 0.29) is 5.92 Å². The highest BCUT2D eigenvalue weighted by molar-refractivity contribution is 6.34. The van der Waals surface area contributed by atoms with Gasteiger partial charge in [0.1, 0.15) is 17.7 Å². The molecule has 0 bridgehead atoms. The van der Waals surface area contributed by atoms with E-state index in [0.717, 1.165) is 16.0 Å². The van der Waals surface area contributed by atoms with Crippen LogP contribution in [0.15, 0.2) is 42.5 Å². The number of anilines is 1. The van der Waals surface area contributed by atoms with Gasteiger partial charge in [0, 0.05) is 6.04 Å². The van der Waals surface area contributed by atoms with Gasteiger partial charge in [-0.05, 0) is 69.7 Å². The second-order valence-corrected chi connectivity index (χ2v) is 10.8. The number of benzene rings is 2. The van der Waals surface area contributed by atoms with Crippen LogP contribution in [-0.4, -0.2) is 34.5 Å². The first-order valence-corrected chi connectivity index (χ1v) is 12.5. The number of rotatable bonds is 8. The van der Waals surface area contributed by atoms with Gasteiger partial charge in [0.05, 0.1) is 10.7 Å². The standard InChI is InChI=1S/C29H36ClN3O4/c1-9-33(27(35)23(17-18(2)3)31-28(36)37-29(6,7)8)25(21-15-11-10-13-19(21)4)26(34)32-24-20(5)14-12-16-22(24)30/h1,10-16,18,23,25H,17H2,2-8H3,(H,31,36)(H,32,34). The molecule has 2 atom stereocenters. The molecule has 2 aromatic carbocycles. The van der Waals surface area contributed by atoms with Gasteiger partial charge < -0.3 is 15.4 Å². The third kappa shape index (κ3) is 8.26. The van der Waals surface area contributed by atoms with Crippen LogP contribution in [0.2, 0.25) is 5.02 Å². The molecule has 198 valence electrons. The fourth-order valence-corrected chi connectivity index (χ4v) is 4.12. The third-order valence-electron chi connectivity index (χ3n) is 5.53. The van der Waals surface area contributed by atoms with Gasteiger partial charge in [-0.3, -0.25) is 14.5 Å². The number of alkyl carbamates (subject to hydrolysis) is 1. The topological polar surface area (TPSA) is 87.7 Å². The van der Waals surface area contributed by atoms with Crippen molar-refractivity contribution in [2.45, 2.75) is 72.6 Å². The molecule has 0 fully saturated rings. The maximum absolute atomic E-state index is 13.8. The smallest absolute Gasteiger partial charge is 0.408 e. The van der Waals surface area contributed by atoms with Crippen molar-refractivity contribution >= 4 is 35.2 Å². The molecule has 2 unspecified atom stereocenters. The first-order chi connectivity index (χ1) is 17.2. The molecular weight excluding hydrogens is 490 g/mol. The van der Waals surface area contributed by atoms with Crippen molar-refractivity contribution in [2.24, 2.45) is 5.92 Å². The molecule has 2 aromatic rings. The van der Waals surface area contributed by atoms with Crippen LogP contribution >= 0.6 is 11.6 Å². The summed E-state index contributed by atoms with van der Waals surface area (Å²) in [4.78, 5) is 41.2. The van der Waals surface area contributed by atoms with E-state index in [9.17, 15) is 14.4 Å². The number of halogens is 1. The number of nitrogens with zero attached hydrogens (tertiary/aromatic N) is 1. The second kappa shape index (κ2) is 12.6. The van der Waals surface area contributed by atoms with Crippen molar-refractivity contribution < 1.29 is 19.1 Å². The fraction of sp³-hybridized carbons (Fsp3) is 0.414. The highest BCUT2D eigenvalue weighted by atomic mass is 35.5. The number of para-hydroxylation sites is 1. The van der Waals surface area contributed by atoms with Crippen LogP contribution in [0.4, 0.5) is 10.5 Å². The highest BCUT2D eigenvalue weighted by Crippen LogP contribution is 2.30. The van der Waals surface area contributed by atoms with E-state index in [1.165, 1.54) is 0 Å². The maximum atomic E-state index is 13.8. The molecule has 7 nitrogen and oxygen atoms in total. The minimum Gasteiger partial charge on any atom is -0.444 e. The zero-order valence-corrected chi connectivity index (χ0v) is 23.3. The van der Waals surface area contributed by atoms with E-state index in [1.807, 2.05) is 45.9 Å². The molecule has 0 saturated heterocycles. The van der Waals surface area contributed by atoms with Gasteiger partial charge in [0.15, 0.2) is 0 Å². The number of ether oxygens (including phenoxy) is 1. The third-order valence-corrected chi connectivity index (χ3v) is 5.85. The molecule has 0 aromatic heterocycles. The summed E-state index contributed by atoms with van der Waals surface area (Å²) in [6.45, 7) is 12.7. The first kappa shape index (κ1) is 29.7. The molecule has 3 amide bonds. The first-order valence-electron chi connectivity index (χ1n) is 12.2. The van der Waals surface area contributed by atoms with E-state index >= 15 is 0 Å². The number of aryl methyl sites for hydroxylation is 2. The summed E-state index contributed by atoms with van der Waals surface area (Å²) >= 11 is 6.35. The van der Waals surface area contributed by atoms with E-state index in [2.05, 4.69) is 16.7 Å². The van der Waals surface area contributed by atoms with Gasteiger partial charge in [-0.25, -0.2) is 4.79 Å². The molecule has 0 heterocycles. The van der Waals surface area contributed by atoms with Crippen molar-refractivity contribution in [1.82, 2.24) is 10.2 Å². The monoisotopic (exact) mass is 525 g/mol. The lowest BCUT2D eigenvalue weighted by atomic mass is 9.97. The van der Waals surface area contributed by atoms with Crippen molar-refractivity contribution in [1.29, 1.82) is 0 Å². The zero-order chi connectivity index (χ0) is 27.9. The lowest BCUT2D eigenvalue weighted by molar-refractivity contribution is -0.137. The molecule has 0 saturated carbocycles. The predicted octanol–water partition coefficient (Wildman–Crippen LogP) is 6.00. The summed E-state index contributed by atoms with van der Waals surface area (Å²) in [5.41, 5.74) is 1.76. The zero-order valence-electron chi connectivity index (χ0n) is 22.5. The number of nitrogens with one attached hydrogen (secondary N) is 2. The lowest BCUT2D eigenvalue weighted by Crippen LogP contribution is -2.51. The Morgan fingerprint density at radius 1 is 1.05 bits per heavy atom. The van der Waals surface area contributed by atoms with Crippen molar-refractivity contribution in [3.8, 4) is 12.5 Å². The van der Waals surface area contributed by atoms with E-state index in [1.54, 1.807) is 45.0 Å². The Bertz CT molecular complexity index is 1160. The summed E-state index contributed by atoms with van der Waals surface area (Å²) in [6.07, 6.45) is 5.41. The van der Waals surface area contributed by atoms with Crippen LogP contribution in [0.25, 0.3) is 0 Å². The summed E-state index contributed by atoms with van der Waals surface area (Å²) in [5, 5.41) is 5.86. The summed E-state index contributed by atoms with van der Waals surface area (Å²) in [7, 11) is 0. The number of amides is 3. The van der Waals surface area contributed by atoms with Gasteiger partial charge >= 0.3 is 6.09 Å². The molecule has 0 aliphatic carbocycles. The average molecular weight is 526 g/mol. The van der Waals surface area contributed by atoms with Crippen LogP contribution in [0.5, 0.6) is 0 Å². The Kier molecular flexibility index (Phi) is 10.2. The second-order valence-electron chi connectivity index (χ2n) is 10.3. The molecular formula is C29H36ClN3O4. The Balaban J connectivity index is 2.52. The molecule has 8 heteroatoms. The van der Waals surface area contributed by atoms with Crippen molar-refractivity contribution in [3.05, 3.63) is 64.2 Å². The number of terminal acetylenes is 1. The number of carbonyl (C=O) groups excluding carboxylic acids is 3. The van der Waals surface area contributed by atoms with E-state index < -0.39 is 35.6 Å². The van der Waals surface area contributed by atoms with Crippen LogP contribution in [-0.2, 0) is 14.3 Å². The molecule has 2 N–H and O–H groups in total. The fourth-order valence-electron chi connectivity index (χ4n) is 3.85. The SMILES string of the molecule is C#CN(C(=O)C(CC(C)C)NC(=O)OC(C)(C)C)C(C(=O)Nc1c(C)cccc1Cl)c1ccccc1C. The Morgan fingerprint density at radius 2 is 1.68 bits per heavy atom. The molecule has 0 radical (unpaired) electrons. The minimum atomic E-state index is -1.18. The Morgan fingerprint density at radius 3 is 2.22 bits per heavy atom. The van der Waals surface area contributed by atoms with Crippen molar-refractivity contribution in [3.63, 3.8) is 0 Å². The average Bonchev–Trinajstić information content (AvgIpc) is 2.78. The Labute approximate surface area is 224 Å². The lowest BCUT2D eigenvalue weighted by Gasteiger charge is -2.31. The number of hydrogen-bond acceptors (Lipinski definition) is 4. The van der Waals surface area contributed by atoms with Gasteiger partial charge in [0.25, 0.3) is 11.8 Å². The largest absolute Gasteiger partial charge is 0.444 e. The van der Waals surface area contributed by atoms with E-state index in [0.29, 0.717) is 22.7 Å². The van der Waals surface area contributed by atoms with E-state index in [4.69, 9.17) is 22.8 Å². The minimum absolute atomic E-state index is 0.0417.